The van der Waals surface area contributed by atoms with E-state index in [1.165, 1.54) is 0 Å². The lowest BCUT2D eigenvalue weighted by molar-refractivity contribution is -0.116. The SMILES string of the molecule is CC(C)=CC(=O)NCCC1CN(Cc2nc[nH]c2C)CCO1. The van der Waals surface area contributed by atoms with Crippen LogP contribution in [0.1, 0.15) is 31.7 Å². The third-order valence-electron chi connectivity index (χ3n) is 3.72. The largest absolute Gasteiger partial charge is 0.375 e. The second kappa shape index (κ2) is 8.10. The highest BCUT2D eigenvalue weighted by Gasteiger charge is 2.21. The molecule has 1 amide bonds. The number of nitrogens with one attached hydrogen (secondary N) is 2. The second-order valence-corrected chi connectivity index (χ2v) is 6.00. The number of aryl methyl sites for hydroxylation is 1. The van der Waals surface area contributed by atoms with Gasteiger partial charge in [0, 0.05) is 37.9 Å². The molecule has 2 rings (SSSR count). The van der Waals surface area contributed by atoms with Crippen molar-refractivity contribution in [2.45, 2.75) is 39.8 Å². The van der Waals surface area contributed by atoms with Crippen LogP contribution in [-0.4, -0.2) is 53.1 Å². The molecule has 0 aromatic carbocycles. The number of rotatable bonds is 6. The Bertz CT molecular complexity index is 520. The molecule has 22 heavy (non-hydrogen) atoms. The molecule has 2 heterocycles. The van der Waals surface area contributed by atoms with Gasteiger partial charge in [-0.15, -0.1) is 0 Å². The van der Waals surface area contributed by atoms with E-state index < -0.39 is 0 Å². The van der Waals surface area contributed by atoms with E-state index in [2.05, 4.69) is 20.2 Å². The molecule has 0 spiro atoms. The fourth-order valence-electron chi connectivity index (χ4n) is 2.53. The highest BCUT2D eigenvalue weighted by Crippen LogP contribution is 2.12. The molecule has 6 heteroatoms. The third kappa shape index (κ3) is 5.27. The van der Waals surface area contributed by atoms with E-state index in [-0.39, 0.29) is 12.0 Å². The summed E-state index contributed by atoms with van der Waals surface area (Å²) in [6.07, 6.45) is 4.36. The first-order valence-electron chi connectivity index (χ1n) is 7.80. The molecule has 0 radical (unpaired) electrons. The maximum absolute atomic E-state index is 11.6. The fraction of sp³-hybridized carbons (Fsp3) is 0.625. The quantitative estimate of drug-likeness (QED) is 0.779. The fourth-order valence-corrected chi connectivity index (χ4v) is 2.53. The van der Waals surface area contributed by atoms with Crippen molar-refractivity contribution in [2.75, 3.05) is 26.2 Å². The van der Waals surface area contributed by atoms with Gasteiger partial charge in [-0.25, -0.2) is 4.98 Å². The molecule has 1 atom stereocenters. The highest BCUT2D eigenvalue weighted by molar-refractivity contribution is 5.87. The van der Waals surface area contributed by atoms with Crippen molar-refractivity contribution in [2.24, 2.45) is 0 Å². The number of amides is 1. The molecule has 1 aliphatic heterocycles. The van der Waals surface area contributed by atoms with E-state index in [0.717, 1.165) is 49.6 Å². The van der Waals surface area contributed by atoms with E-state index in [0.29, 0.717) is 6.54 Å². The molecule has 0 saturated carbocycles. The average molecular weight is 306 g/mol. The lowest BCUT2D eigenvalue weighted by atomic mass is 10.2. The Balaban J connectivity index is 1.73. The Morgan fingerprint density at radius 3 is 3.09 bits per heavy atom. The smallest absolute Gasteiger partial charge is 0.243 e. The molecule has 1 fully saturated rings. The number of aromatic amines is 1. The lowest BCUT2D eigenvalue weighted by Crippen LogP contribution is -2.43. The normalized spacial score (nSPS) is 19.0. The van der Waals surface area contributed by atoms with Crippen LogP contribution in [0.2, 0.25) is 0 Å². The van der Waals surface area contributed by atoms with Gasteiger partial charge in [0.25, 0.3) is 0 Å². The van der Waals surface area contributed by atoms with E-state index in [1.807, 2.05) is 20.8 Å². The van der Waals surface area contributed by atoms with Crippen LogP contribution >= 0.6 is 0 Å². The molecule has 6 nitrogen and oxygen atoms in total. The summed E-state index contributed by atoms with van der Waals surface area (Å²) in [5, 5.41) is 2.90. The molecular formula is C16H26N4O2. The summed E-state index contributed by atoms with van der Waals surface area (Å²) in [5.41, 5.74) is 3.22. The van der Waals surface area contributed by atoms with E-state index >= 15 is 0 Å². The van der Waals surface area contributed by atoms with E-state index in [4.69, 9.17) is 4.74 Å². The summed E-state index contributed by atoms with van der Waals surface area (Å²) in [6.45, 7) is 9.90. The molecule has 122 valence electrons. The van der Waals surface area contributed by atoms with Crippen molar-refractivity contribution in [3.63, 3.8) is 0 Å². The van der Waals surface area contributed by atoms with Gasteiger partial charge in [0.05, 0.1) is 24.7 Å². The first kappa shape index (κ1) is 16.7. The van der Waals surface area contributed by atoms with E-state index in [9.17, 15) is 4.79 Å². The summed E-state index contributed by atoms with van der Waals surface area (Å²) < 4.78 is 5.78. The second-order valence-electron chi connectivity index (χ2n) is 6.00. The monoisotopic (exact) mass is 306 g/mol. The zero-order valence-corrected chi connectivity index (χ0v) is 13.7. The van der Waals surface area contributed by atoms with Crippen molar-refractivity contribution in [1.82, 2.24) is 20.2 Å². The summed E-state index contributed by atoms with van der Waals surface area (Å²) in [7, 11) is 0. The number of aromatic nitrogens is 2. The van der Waals surface area contributed by atoms with Gasteiger partial charge in [0.2, 0.25) is 5.91 Å². The number of morpholine rings is 1. The van der Waals surface area contributed by atoms with Crippen LogP contribution in [0, 0.1) is 6.92 Å². The molecule has 0 bridgehead atoms. The van der Waals surface area contributed by atoms with Crippen molar-refractivity contribution in [1.29, 1.82) is 0 Å². The Kier molecular flexibility index (Phi) is 6.15. The van der Waals surface area contributed by atoms with Crippen LogP contribution in [0.3, 0.4) is 0 Å². The van der Waals surface area contributed by atoms with Crippen LogP contribution in [0.25, 0.3) is 0 Å². The first-order chi connectivity index (χ1) is 10.5. The summed E-state index contributed by atoms with van der Waals surface area (Å²) in [6, 6.07) is 0. The standard InChI is InChI=1S/C16H26N4O2/c1-12(2)8-16(21)17-5-4-14-9-20(6-7-22-14)10-15-13(3)18-11-19-15/h8,11,14H,4-7,9-10H2,1-3H3,(H,17,21)(H,18,19). The number of allylic oxidation sites excluding steroid dienone is 1. The molecule has 2 N–H and O–H groups in total. The van der Waals surface area contributed by atoms with Gasteiger partial charge in [-0.1, -0.05) is 5.57 Å². The lowest BCUT2D eigenvalue weighted by Gasteiger charge is -2.32. The van der Waals surface area contributed by atoms with Crippen LogP contribution in [-0.2, 0) is 16.1 Å². The van der Waals surface area contributed by atoms with Crippen molar-refractivity contribution < 1.29 is 9.53 Å². The molecule has 1 unspecified atom stereocenters. The van der Waals surface area contributed by atoms with Crippen molar-refractivity contribution in [3.05, 3.63) is 29.4 Å². The van der Waals surface area contributed by atoms with Crippen LogP contribution < -0.4 is 5.32 Å². The number of carbonyl (C=O) groups is 1. The molecule has 1 aromatic rings. The third-order valence-corrected chi connectivity index (χ3v) is 3.72. The maximum Gasteiger partial charge on any atom is 0.243 e. The molecule has 1 aliphatic rings. The minimum Gasteiger partial charge on any atom is -0.375 e. The number of carbonyl (C=O) groups excluding carboxylic acids is 1. The number of H-pyrrole nitrogens is 1. The summed E-state index contributed by atoms with van der Waals surface area (Å²) >= 11 is 0. The Morgan fingerprint density at radius 2 is 2.41 bits per heavy atom. The zero-order valence-electron chi connectivity index (χ0n) is 13.7. The molecular weight excluding hydrogens is 280 g/mol. The molecule has 1 saturated heterocycles. The predicted octanol–water partition coefficient (Wildman–Crippen LogP) is 1.39. The Labute approximate surface area is 131 Å². The Hall–Kier alpha value is -1.66. The van der Waals surface area contributed by atoms with Gasteiger partial charge in [-0.2, -0.15) is 0 Å². The Morgan fingerprint density at radius 1 is 1.59 bits per heavy atom. The minimum atomic E-state index is -0.0280. The number of nitrogens with zero attached hydrogens (tertiary/aromatic N) is 2. The summed E-state index contributed by atoms with van der Waals surface area (Å²) in [5.74, 6) is -0.0280. The van der Waals surface area contributed by atoms with E-state index in [1.54, 1.807) is 12.4 Å². The average Bonchev–Trinajstić information content (AvgIpc) is 2.84. The van der Waals surface area contributed by atoms with Crippen molar-refractivity contribution in [3.8, 4) is 0 Å². The number of ether oxygens (including phenoxy) is 1. The van der Waals surface area contributed by atoms with Gasteiger partial charge in [0.15, 0.2) is 0 Å². The van der Waals surface area contributed by atoms with Crippen LogP contribution in [0.5, 0.6) is 0 Å². The van der Waals surface area contributed by atoms with Gasteiger partial charge >= 0.3 is 0 Å². The number of hydrogen-bond acceptors (Lipinski definition) is 4. The van der Waals surface area contributed by atoms with Gasteiger partial charge < -0.3 is 15.0 Å². The van der Waals surface area contributed by atoms with Gasteiger partial charge in [-0.3, -0.25) is 9.69 Å². The molecule has 1 aromatic heterocycles. The maximum atomic E-state index is 11.6. The first-order valence-corrected chi connectivity index (χ1v) is 7.80. The van der Waals surface area contributed by atoms with Crippen LogP contribution in [0.4, 0.5) is 0 Å². The highest BCUT2D eigenvalue weighted by atomic mass is 16.5. The minimum absolute atomic E-state index is 0.0280. The predicted molar refractivity (Wildman–Crippen MR) is 85.4 cm³/mol. The van der Waals surface area contributed by atoms with Crippen molar-refractivity contribution >= 4 is 5.91 Å². The molecule has 0 aliphatic carbocycles. The number of hydrogen-bond donors (Lipinski definition) is 2. The summed E-state index contributed by atoms with van der Waals surface area (Å²) in [4.78, 5) is 21.4. The van der Waals surface area contributed by atoms with Crippen LogP contribution in [0.15, 0.2) is 18.0 Å². The number of imidazole rings is 1. The van der Waals surface area contributed by atoms with Gasteiger partial charge in [-0.05, 0) is 27.2 Å². The zero-order chi connectivity index (χ0) is 15.9. The topological polar surface area (TPSA) is 70.2 Å². The van der Waals surface area contributed by atoms with Gasteiger partial charge in [0.1, 0.15) is 0 Å².